The monoisotopic (exact) mass is 1140 g/mol. The highest BCUT2D eigenvalue weighted by molar-refractivity contribution is 7.22. The van der Waals surface area contributed by atoms with E-state index in [0.29, 0.717) is 34.9 Å². The minimum atomic E-state index is 0.592. The van der Waals surface area contributed by atoms with E-state index in [-0.39, 0.29) is 0 Å². The van der Waals surface area contributed by atoms with Crippen molar-refractivity contribution in [1.29, 1.82) is 0 Å². The summed E-state index contributed by atoms with van der Waals surface area (Å²) < 4.78 is 15.4. The molecular weight excluding hydrogens is 1100 g/mol. The minimum Gasteiger partial charge on any atom is -0.455 e. The third-order valence-electron chi connectivity index (χ3n) is 15.2. The summed E-state index contributed by atoms with van der Waals surface area (Å²) in [6.45, 7) is 0. The highest BCUT2D eigenvalue weighted by Gasteiger charge is 2.23. The number of thiazole rings is 2. The van der Waals surface area contributed by atoms with Crippen LogP contribution in [0.25, 0.3) is 165 Å². The number of fused-ring (bicyclic) bond motifs is 8. The lowest BCUT2D eigenvalue weighted by molar-refractivity contribution is 0.669. The van der Waals surface area contributed by atoms with Gasteiger partial charge in [-0.2, -0.15) is 0 Å². The molecule has 0 aliphatic heterocycles. The molecule has 6 aromatic heterocycles. The Morgan fingerprint density at radius 2 is 0.547 bits per heavy atom. The molecule has 0 saturated heterocycles. The van der Waals surface area contributed by atoms with Gasteiger partial charge >= 0.3 is 0 Å². The van der Waals surface area contributed by atoms with Crippen molar-refractivity contribution >= 4 is 87.0 Å². The van der Waals surface area contributed by atoms with Gasteiger partial charge in [0.05, 0.1) is 31.6 Å². The Morgan fingerprint density at radius 1 is 0.233 bits per heavy atom. The normalized spacial score (nSPS) is 11.5. The van der Waals surface area contributed by atoms with E-state index >= 15 is 0 Å². The maximum absolute atomic E-state index is 6.58. The van der Waals surface area contributed by atoms with Crippen LogP contribution in [0.5, 0.6) is 0 Å². The van der Waals surface area contributed by atoms with Gasteiger partial charge in [0.2, 0.25) is 0 Å². The first kappa shape index (κ1) is 50.5. The van der Waals surface area contributed by atoms with Crippen molar-refractivity contribution in [2.24, 2.45) is 0 Å². The van der Waals surface area contributed by atoms with Crippen molar-refractivity contribution in [3.63, 3.8) is 0 Å². The number of hydrogen-bond donors (Lipinski definition) is 0. The SMILES string of the molecule is c1ccc(-c2ccc(-c3nc(-c4ccccc4)nc(-c4cccc5oc6c(-c7nc8ccccc8s7)cccc6c45)n3)cc2)cc1.c1ccc(-c2nc(-c3ccccc3)nc(-c3cccc4oc5c(-c6nc7ccccc7s6)cccc5c34)n2)cc1. The van der Waals surface area contributed by atoms with Gasteiger partial charge in [-0.3, -0.25) is 0 Å². The minimum absolute atomic E-state index is 0.592. The first-order chi connectivity index (χ1) is 42.6. The molecule has 0 amide bonds. The van der Waals surface area contributed by atoms with Gasteiger partial charge in [0.15, 0.2) is 34.9 Å². The Kier molecular flexibility index (Phi) is 12.7. The molecule has 0 fully saturated rings. The molecule has 86 heavy (non-hydrogen) atoms. The fourth-order valence-corrected chi connectivity index (χ4v) is 13.1. The van der Waals surface area contributed by atoms with Gasteiger partial charge in [0, 0.05) is 54.9 Å². The molecule has 0 radical (unpaired) electrons. The lowest BCUT2D eigenvalue weighted by Gasteiger charge is -2.10. The standard InChI is InChI=1S/C40H24N4OS.C34H20N4OS/c1-3-11-25(12-4-1)26-21-23-28(24-22-26)38-42-37(27-13-5-2-6-14-27)43-39(44-38)30-16-10-19-33-35(30)29-15-9-17-31(36(29)45-33)40-41-32-18-7-8-20-34(32)46-40;1-3-11-21(12-4-1)31-36-32(22-13-5-2-6-14-22)38-33(37-31)24-16-10-19-27-29(24)23-15-9-17-25(30(23)39-27)34-35-26-18-7-8-20-28(26)40-34/h1-24H;1-20H. The lowest BCUT2D eigenvalue weighted by Crippen LogP contribution is -2.00. The number of nitrogens with zero attached hydrogens (tertiary/aromatic N) is 8. The molecule has 0 N–H and O–H groups in total. The molecule has 6 heterocycles. The summed E-state index contributed by atoms with van der Waals surface area (Å²) in [5, 5.41) is 5.81. The van der Waals surface area contributed by atoms with Crippen LogP contribution < -0.4 is 0 Å². The fourth-order valence-electron chi connectivity index (χ4n) is 11.1. The highest BCUT2D eigenvalue weighted by atomic mass is 32.1. The molecule has 11 aromatic carbocycles. The molecule has 0 unspecified atom stereocenters. The first-order valence-corrected chi connectivity index (χ1v) is 29.7. The van der Waals surface area contributed by atoms with Crippen molar-refractivity contribution < 1.29 is 8.83 Å². The lowest BCUT2D eigenvalue weighted by atomic mass is 10.0. The van der Waals surface area contributed by atoms with Crippen LogP contribution in [0.3, 0.4) is 0 Å². The Hall–Kier alpha value is -11.2. The average Bonchev–Trinajstić information content (AvgIpc) is 2.12. The van der Waals surface area contributed by atoms with E-state index in [1.807, 2.05) is 158 Å². The maximum Gasteiger partial charge on any atom is 0.164 e. The third kappa shape index (κ3) is 9.31. The van der Waals surface area contributed by atoms with E-state index in [1.54, 1.807) is 22.7 Å². The number of para-hydroxylation sites is 4. The van der Waals surface area contributed by atoms with Crippen LogP contribution in [0, 0.1) is 0 Å². The summed E-state index contributed by atoms with van der Waals surface area (Å²) >= 11 is 3.34. The largest absolute Gasteiger partial charge is 0.455 e. The van der Waals surface area contributed by atoms with Crippen molar-refractivity contribution in [2.45, 2.75) is 0 Å². The topological polar surface area (TPSA) is 129 Å². The molecular formula is C74H44N8O2S2. The maximum atomic E-state index is 6.58. The Bertz CT molecular complexity index is 5230. The summed E-state index contributed by atoms with van der Waals surface area (Å²) in [5.74, 6) is 3.69. The zero-order valence-corrected chi connectivity index (χ0v) is 47.2. The molecule has 12 heteroatoms. The number of aromatic nitrogens is 8. The Labute approximate surface area is 500 Å². The Morgan fingerprint density at radius 3 is 0.953 bits per heavy atom. The van der Waals surface area contributed by atoms with Gasteiger partial charge in [0.25, 0.3) is 0 Å². The number of hydrogen-bond acceptors (Lipinski definition) is 12. The summed E-state index contributed by atoms with van der Waals surface area (Å²) in [5.41, 5.74) is 14.9. The van der Waals surface area contributed by atoms with E-state index < -0.39 is 0 Å². The highest BCUT2D eigenvalue weighted by Crippen LogP contribution is 2.44. The van der Waals surface area contributed by atoms with Crippen LogP contribution in [0.15, 0.2) is 276 Å². The second kappa shape index (κ2) is 21.5. The molecule has 17 rings (SSSR count). The van der Waals surface area contributed by atoms with Gasteiger partial charge in [-0.15, -0.1) is 22.7 Å². The van der Waals surface area contributed by atoms with Gasteiger partial charge in [0.1, 0.15) is 32.3 Å². The molecule has 404 valence electrons. The van der Waals surface area contributed by atoms with Crippen molar-refractivity contribution in [2.75, 3.05) is 0 Å². The molecule has 0 bridgehead atoms. The molecule has 0 atom stereocenters. The molecule has 0 aliphatic carbocycles. The number of benzene rings is 11. The fraction of sp³-hybridized carbons (Fsp3) is 0. The van der Waals surface area contributed by atoms with Crippen LogP contribution in [0.1, 0.15) is 0 Å². The van der Waals surface area contributed by atoms with Gasteiger partial charge in [-0.05, 0) is 59.7 Å². The van der Waals surface area contributed by atoms with Crippen LogP contribution in [-0.2, 0) is 0 Å². The third-order valence-corrected chi connectivity index (χ3v) is 17.3. The predicted molar refractivity (Wildman–Crippen MR) is 349 cm³/mol. The van der Waals surface area contributed by atoms with Crippen LogP contribution in [0.2, 0.25) is 0 Å². The van der Waals surface area contributed by atoms with Gasteiger partial charge in [-0.25, -0.2) is 39.9 Å². The van der Waals surface area contributed by atoms with E-state index in [1.165, 1.54) is 5.56 Å². The quantitative estimate of drug-likeness (QED) is 0.138. The van der Waals surface area contributed by atoms with Crippen LogP contribution >= 0.6 is 22.7 Å². The smallest absolute Gasteiger partial charge is 0.164 e. The van der Waals surface area contributed by atoms with Crippen molar-refractivity contribution in [3.8, 4) is 101 Å². The van der Waals surface area contributed by atoms with Crippen molar-refractivity contribution in [1.82, 2.24) is 39.9 Å². The zero-order valence-electron chi connectivity index (χ0n) is 45.6. The number of rotatable bonds is 9. The summed E-state index contributed by atoms with van der Waals surface area (Å²) in [6, 6.07) is 89.8. The zero-order chi connectivity index (χ0) is 56.9. The molecule has 0 spiro atoms. The number of furan rings is 2. The molecule has 17 aromatic rings. The van der Waals surface area contributed by atoms with E-state index in [9.17, 15) is 0 Å². The van der Waals surface area contributed by atoms with Crippen molar-refractivity contribution in [3.05, 3.63) is 267 Å². The van der Waals surface area contributed by atoms with E-state index in [0.717, 1.165) is 124 Å². The second-order valence-electron chi connectivity index (χ2n) is 20.6. The summed E-state index contributed by atoms with van der Waals surface area (Å²) in [4.78, 5) is 39.7. The average molecular weight is 1140 g/mol. The van der Waals surface area contributed by atoms with E-state index in [4.69, 9.17) is 48.7 Å². The van der Waals surface area contributed by atoms with E-state index in [2.05, 4.69) is 109 Å². The van der Waals surface area contributed by atoms with Gasteiger partial charge < -0.3 is 8.83 Å². The predicted octanol–water partition coefficient (Wildman–Crippen LogP) is 19.8. The molecule has 0 aliphatic rings. The van der Waals surface area contributed by atoms with Crippen LogP contribution in [0.4, 0.5) is 0 Å². The molecule has 10 nitrogen and oxygen atoms in total. The second-order valence-corrected chi connectivity index (χ2v) is 22.6. The first-order valence-electron chi connectivity index (χ1n) is 28.1. The van der Waals surface area contributed by atoms with Gasteiger partial charge in [-0.1, -0.05) is 218 Å². The summed E-state index contributed by atoms with van der Waals surface area (Å²) in [6.07, 6.45) is 0. The van der Waals surface area contributed by atoms with Crippen LogP contribution in [-0.4, -0.2) is 39.9 Å². The summed E-state index contributed by atoms with van der Waals surface area (Å²) in [7, 11) is 0. The Balaban J connectivity index is 0.000000141. The molecule has 0 saturated carbocycles.